The largest absolute Gasteiger partial charge is 0.497 e. The predicted octanol–water partition coefficient (Wildman–Crippen LogP) is 1.85. The lowest BCUT2D eigenvalue weighted by Crippen LogP contribution is -2.38. The lowest BCUT2D eigenvalue weighted by atomic mass is 9.99. The van der Waals surface area contributed by atoms with Crippen molar-refractivity contribution in [3.05, 3.63) is 29.8 Å². The summed E-state index contributed by atoms with van der Waals surface area (Å²) < 4.78 is 5.11. The summed E-state index contributed by atoms with van der Waals surface area (Å²) in [4.78, 5) is 12.0. The highest BCUT2D eigenvalue weighted by Gasteiger charge is 2.14. The Bertz CT molecular complexity index is 406. The number of halogens is 1. The molecule has 1 aliphatic rings. The number of carbonyl (C=O) groups excluding carboxylic acids is 1. The van der Waals surface area contributed by atoms with Crippen molar-refractivity contribution in [1.29, 1.82) is 0 Å². The van der Waals surface area contributed by atoms with Crippen molar-refractivity contribution in [1.82, 2.24) is 10.6 Å². The highest BCUT2D eigenvalue weighted by atomic mass is 35.5. The van der Waals surface area contributed by atoms with E-state index >= 15 is 0 Å². The van der Waals surface area contributed by atoms with Gasteiger partial charge in [-0.05, 0) is 50.0 Å². The van der Waals surface area contributed by atoms with Gasteiger partial charge in [-0.2, -0.15) is 0 Å². The molecule has 1 saturated heterocycles. The molecular formula is C14H21ClN2O2. The molecule has 0 radical (unpaired) electrons. The fourth-order valence-corrected chi connectivity index (χ4v) is 2.20. The Balaban J connectivity index is 0.00000180. The Kier molecular flexibility index (Phi) is 6.67. The molecule has 0 aromatic heterocycles. The lowest BCUT2D eigenvalue weighted by Gasteiger charge is -2.22. The van der Waals surface area contributed by atoms with Gasteiger partial charge in [0, 0.05) is 12.1 Å². The first-order chi connectivity index (χ1) is 8.79. The number of nitrogens with one attached hydrogen (secondary N) is 2. The maximum absolute atomic E-state index is 12.0. The van der Waals surface area contributed by atoms with Gasteiger partial charge in [-0.3, -0.25) is 4.79 Å². The van der Waals surface area contributed by atoms with E-state index in [1.807, 2.05) is 12.1 Å². The molecule has 1 unspecified atom stereocenters. The zero-order valence-corrected chi connectivity index (χ0v) is 12.0. The molecule has 1 amide bonds. The van der Waals surface area contributed by atoms with E-state index in [0.29, 0.717) is 17.2 Å². The maximum Gasteiger partial charge on any atom is 0.251 e. The maximum atomic E-state index is 12.0. The second-order valence-corrected chi connectivity index (χ2v) is 4.65. The fraction of sp³-hybridized carbons (Fsp3) is 0.500. The molecule has 19 heavy (non-hydrogen) atoms. The number of amides is 1. The summed E-state index contributed by atoms with van der Waals surface area (Å²) in [6.45, 7) is 2.84. The van der Waals surface area contributed by atoms with E-state index < -0.39 is 0 Å². The van der Waals surface area contributed by atoms with Crippen LogP contribution < -0.4 is 15.4 Å². The Morgan fingerprint density at radius 2 is 2.37 bits per heavy atom. The normalized spacial score (nSPS) is 18.3. The van der Waals surface area contributed by atoms with E-state index in [9.17, 15) is 4.79 Å². The van der Waals surface area contributed by atoms with Gasteiger partial charge in [-0.25, -0.2) is 0 Å². The Hall–Kier alpha value is -1.26. The van der Waals surface area contributed by atoms with E-state index in [2.05, 4.69) is 10.6 Å². The van der Waals surface area contributed by atoms with Gasteiger partial charge >= 0.3 is 0 Å². The van der Waals surface area contributed by atoms with Crippen LogP contribution in [0.15, 0.2) is 24.3 Å². The summed E-state index contributed by atoms with van der Waals surface area (Å²) in [7, 11) is 1.60. The summed E-state index contributed by atoms with van der Waals surface area (Å²) in [6, 6.07) is 7.23. The summed E-state index contributed by atoms with van der Waals surface area (Å²) in [5, 5.41) is 6.33. The first kappa shape index (κ1) is 15.8. The molecule has 5 heteroatoms. The average molecular weight is 285 g/mol. The second kappa shape index (κ2) is 8.02. The first-order valence-corrected chi connectivity index (χ1v) is 6.42. The highest BCUT2D eigenvalue weighted by molar-refractivity contribution is 5.94. The molecule has 1 aromatic carbocycles. The fourth-order valence-electron chi connectivity index (χ4n) is 2.20. The van der Waals surface area contributed by atoms with E-state index in [4.69, 9.17) is 4.74 Å². The van der Waals surface area contributed by atoms with Crippen LogP contribution in [0, 0.1) is 5.92 Å². The molecule has 106 valence electrons. The van der Waals surface area contributed by atoms with E-state index in [1.54, 1.807) is 19.2 Å². The molecule has 1 aromatic rings. The molecule has 1 heterocycles. The molecular weight excluding hydrogens is 264 g/mol. The third-order valence-corrected chi connectivity index (χ3v) is 3.28. The van der Waals surface area contributed by atoms with Crippen LogP contribution in [-0.2, 0) is 0 Å². The molecule has 0 aliphatic carbocycles. The zero-order chi connectivity index (χ0) is 12.8. The summed E-state index contributed by atoms with van der Waals surface area (Å²) >= 11 is 0. The number of carbonyl (C=O) groups is 1. The molecule has 0 bridgehead atoms. The van der Waals surface area contributed by atoms with Crippen LogP contribution in [0.3, 0.4) is 0 Å². The first-order valence-electron chi connectivity index (χ1n) is 6.42. The number of hydrogen-bond acceptors (Lipinski definition) is 3. The van der Waals surface area contributed by atoms with Crippen LogP contribution in [0.5, 0.6) is 5.75 Å². The van der Waals surface area contributed by atoms with Crippen LogP contribution in [0.2, 0.25) is 0 Å². The molecule has 0 saturated carbocycles. The molecule has 0 spiro atoms. The Morgan fingerprint density at radius 3 is 3.05 bits per heavy atom. The minimum Gasteiger partial charge on any atom is -0.497 e. The number of rotatable bonds is 4. The summed E-state index contributed by atoms with van der Waals surface area (Å²) in [6.07, 6.45) is 2.38. The van der Waals surface area contributed by atoms with Gasteiger partial charge in [-0.1, -0.05) is 6.07 Å². The van der Waals surface area contributed by atoms with E-state index in [-0.39, 0.29) is 18.3 Å². The van der Waals surface area contributed by atoms with Gasteiger partial charge in [0.1, 0.15) is 5.75 Å². The molecule has 1 aliphatic heterocycles. The van der Waals surface area contributed by atoms with Crippen LogP contribution in [0.4, 0.5) is 0 Å². The second-order valence-electron chi connectivity index (χ2n) is 4.65. The number of hydrogen-bond donors (Lipinski definition) is 2. The van der Waals surface area contributed by atoms with Crippen molar-refractivity contribution < 1.29 is 9.53 Å². The summed E-state index contributed by atoms with van der Waals surface area (Å²) in [5.74, 6) is 1.23. The van der Waals surface area contributed by atoms with Gasteiger partial charge < -0.3 is 15.4 Å². The average Bonchev–Trinajstić information content (AvgIpc) is 2.46. The van der Waals surface area contributed by atoms with Crippen LogP contribution in [0.25, 0.3) is 0 Å². The van der Waals surface area contributed by atoms with Crippen molar-refractivity contribution in [2.75, 3.05) is 26.7 Å². The van der Waals surface area contributed by atoms with Crippen molar-refractivity contribution in [3.8, 4) is 5.75 Å². The zero-order valence-electron chi connectivity index (χ0n) is 11.1. The number of piperidine rings is 1. The van der Waals surface area contributed by atoms with E-state index in [0.717, 1.165) is 19.6 Å². The van der Waals surface area contributed by atoms with E-state index in [1.165, 1.54) is 12.8 Å². The number of methoxy groups -OCH3 is 1. The quantitative estimate of drug-likeness (QED) is 0.887. The Morgan fingerprint density at radius 1 is 1.53 bits per heavy atom. The van der Waals surface area contributed by atoms with Crippen molar-refractivity contribution in [3.63, 3.8) is 0 Å². The van der Waals surface area contributed by atoms with Crippen LogP contribution in [-0.4, -0.2) is 32.7 Å². The SMILES string of the molecule is COc1cccc(C(=O)NCC2CCCNC2)c1.Cl. The minimum absolute atomic E-state index is 0. The van der Waals surface area contributed by atoms with Crippen molar-refractivity contribution in [2.45, 2.75) is 12.8 Å². The van der Waals surface area contributed by atoms with Gasteiger partial charge in [0.05, 0.1) is 7.11 Å². The third kappa shape index (κ3) is 4.73. The van der Waals surface area contributed by atoms with Gasteiger partial charge in [0.25, 0.3) is 5.91 Å². The molecule has 2 rings (SSSR count). The van der Waals surface area contributed by atoms with Gasteiger partial charge in [-0.15, -0.1) is 12.4 Å². The molecule has 1 fully saturated rings. The molecule has 4 nitrogen and oxygen atoms in total. The third-order valence-electron chi connectivity index (χ3n) is 3.28. The van der Waals surface area contributed by atoms with Crippen LogP contribution in [0.1, 0.15) is 23.2 Å². The molecule has 1 atom stereocenters. The number of benzene rings is 1. The van der Waals surface area contributed by atoms with Crippen LogP contribution >= 0.6 is 12.4 Å². The summed E-state index contributed by atoms with van der Waals surface area (Å²) in [5.41, 5.74) is 0.651. The van der Waals surface area contributed by atoms with Crippen molar-refractivity contribution >= 4 is 18.3 Å². The lowest BCUT2D eigenvalue weighted by molar-refractivity contribution is 0.0944. The smallest absolute Gasteiger partial charge is 0.251 e. The molecule has 2 N–H and O–H groups in total. The highest BCUT2D eigenvalue weighted by Crippen LogP contribution is 2.13. The van der Waals surface area contributed by atoms with Gasteiger partial charge in [0.2, 0.25) is 0 Å². The predicted molar refractivity (Wildman–Crippen MR) is 78.2 cm³/mol. The van der Waals surface area contributed by atoms with Gasteiger partial charge in [0.15, 0.2) is 0 Å². The topological polar surface area (TPSA) is 50.4 Å². The number of ether oxygens (including phenoxy) is 1. The van der Waals surface area contributed by atoms with Crippen molar-refractivity contribution in [2.24, 2.45) is 5.92 Å². The minimum atomic E-state index is -0.0283. The monoisotopic (exact) mass is 284 g/mol. The Labute approximate surface area is 120 Å². The standard InChI is InChI=1S/C14H20N2O2.ClH/c1-18-13-6-2-5-12(8-13)14(17)16-10-11-4-3-7-15-9-11;/h2,5-6,8,11,15H,3-4,7,9-10H2,1H3,(H,16,17);1H.